The van der Waals surface area contributed by atoms with Crippen LogP contribution in [0.3, 0.4) is 0 Å². The minimum Gasteiger partial charge on any atom is -0.444 e. The molecule has 0 amide bonds. The highest BCUT2D eigenvalue weighted by Gasteiger charge is 2.37. The molecule has 0 saturated carbocycles. The van der Waals surface area contributed by atoms with Crippen molar-refractivity contribution in [2.75, 3.05) is 0 Å². The standard InChI is InChI=1S/C16H13N3O4/c17-8-11-14(9-4-6-10(7-5-9)19(21)22)15-12(20)2-1-3-13(15)23-16(11)18/h4-7,14H,1-3,18H2. The van der Waals surface area contributed by atoms with Crippen molar-refractivity contribution in [2.24, 2.45) is 5.73 Å². The third-order valence-electron chi connectivity index (χ3n) is 4.04. The molecule has 7 nitrogen and oxygen atoms in total. The van der Waals surface area contributed by atoms with Gasteiger partial charge in [0, 0.05) is 30.5 Å². The Balaban J connectivity index is 2.13. The molecule has 1 unspecified atom stereocenters. The number of allylic oxidation sites excluding steroid dienone is 3. The van der Waals surface area contributed by atoms with Crippen LogP contribution < -0.4 is 5.73 Å². The third-order valence-corrected chi connectivity index (χ3v) is 4.04. The molecule has 1 aromatic carbocycles. The Labute approximate surface area is 131 Å². The quantitative estimate of drug-likeness (QED) is 0.661. The highest BCUT2D eigenvalue weighted by atomic mass is 16.6. The average Bonchev–Trinajstić information content (AvgIpc) is 2.54. The van der Waals surface area contributed by atoms with E-state index < -0.39 is 10.8 Å². The van der Waals surface area contributed by atoms with E-state index >= 15 is 0 Å². The Bertz CT molecular complexity index is 800. The van der Waals surface area contributed by atoms with Crippen LogP contribution in [0.2, 0.25) is 0 Å². The van der Waals surface area contributed by atoms with Gasteiger partial charge in [0.25, 0.3) is 5.69 Å². The number of hydrogen-bond donors (Lipinski definition) is 1. The maximum Gasteiger partial charge on any atom is 0.269 e. The van der Waals surface area contributed by atoms with E-state index in [0.29, 0.717) is 36.2 Å². The van der Waals surface area contributed by atoms with Crippen LogP contribution in [0, 0.1) is 21.4 Å². The molecule has 23 heavy (non-hydrogen) atoms. The van der Waals surface area contributed by atoms with Crippen LogP contribution in [0.25, 0.3) is 0 Å². The minimum absolute atomic E-state index is 0.00990. The highest BCUT2D eigenvalue weighted by Crippen LogP contribution is 2.43. The van der Waals surface area contributed by atoms with E-state index in [-0.39, 0.29) is 22.9 Å². The van der Waals surface area contributed by atoms with Gasteiger partial charge in [-0.15, -0.1) is 0 Å². The molecule has 1 atom stereocenters. The molecule has 0 spiro atoms. The van der Waals surface area contributed by atoms with E-state index in [0.717, 1.165) is 0 Å². The monoisotopic (exact) mass is 311 g/mol. The Hall–Kier alpha value is -3.14. The van der Waals surface area contributed by atoms with Crippen molar-refractivity contribution in [3.63, 3.8) is 0 Å². The minimum atomic E-state index is -0.627. The first-order chi connectivity index (χ1) is 11.0. The topological polar surface area (TPSA) is 119 Å². The molecule has 2 aliphatic rings. The summed E-state index contributed by atoms with van der Waals surface area (Å²) in [6.07, 6.45) is 1.66. The Morgan fingerprint density at radius 2 is 2.00 bits per heavy atom. The van der Waals surface area contributed by atoms with Gasteiger partial charge in [-0.2, -0.15) is 5.26 Å². The number of ether oxygens (including phenoxy) is 1. The second-order valence-electron chi connectivity index (χ2n) is 5.39. The highest BCUT2D eigenvalue weighted by molar-refractivity contribution is 5.99. The van der Waals surface area contributed by atoms with Crippen LogP contribution in [0.4, 0.5) is 5.69 Å². The van der Waals surface area contributed by atoms with Crippen molar-refractivity contribution in [1.29, 1.82) is 5.26 Å². The summed E-state index contributed by atoms with van der Waals surface area (Å²) in [6, 6.07) is 7.80. The van der Waals surface area contributed by atoms with Crippen molar-refractivity contribution in [3.05, 3.63) is 62.7 Å². The van der Waals surface area contributed by atoms with Crippen molar-refractivity contribution in [1.82, 2.24) is 0 Å². The third kappa shape index (κ3) is 2.44. The molecule has 0 aromatic heterocycles. The first-order valence-corrected chi connectivity index (χ1v) is 7.11. The van der Waals surface area contributed by atoms with Gasteiger partial charge in [0.15, 0.2) is 5.78 Å². The summed E-state index contributed by atoms with van der Waals surface area (Å²) in [5.74, 6) is -0.211. The number of rotatable bonds is 2. The van der Waals surface area contributed by atoms with E-state index in [1.165, 1.54) is 12.1 Å². The van der Waals surface area contributed by atoms with E-state index in [1.807, 2.05) is 6.07 Å². The molecular formula is C16H13N3O4. The fourth-order valence-corrected chi connectivity index (χ4v) is 2.98. The summed E-state index contributed by atoms with van der Waals surface area (Å²) < 4.78 is 5.46. The number of non-ortho nitro benzene ring substituents is 1. The fourth-order valence-electron chi connectivity index (χ4n) is 2.98. The zero-order valence-electron chi connectivity index (χ0n) is 12.1. The molecule has 0 radical (unpaired) electrons. The Kier molecular flexibility index (Phi) is 3.58. The second-order valence-corrected chi connectivity index (χ2v) is 5.39. The van der Waals surface area contributed by atoms with Gasteiger partial charge in [-0.05, 0) is 12.0 Å². The predicted octanol–water partition coefficient (Wildman–Crippen LogP) is 2.41. The number of Topliss-reactive ketones (excluding diaryl/α,β-unsaturated/α-hetero) is 1. The summed E-state index contributed by atoms with van der Waals surface area (Å²) in [6.45, 7) is 0. The van der Waals surface area contributed by atoms with Crippen molar-refractivity contribution in [3.8, 4) is 6.07 Å². The number of nitro benzene ring substituents is 1. The van der Waals surface area contributed by atoms with Crippen LogP contribution >= 0.6 is 0 Å². The van der Waals surface area contributed by atoms with Gasteiger partial charge in [-0.1, -0.05) is 12.1 Å². The van der Waals surface area contributed by atoms with Gasteiger partial charge in [-0.25, -0.2) is 0 Å². The van der Waals surface area contributed by atoms with E-state index in [9.17, 15) is 20.2 Å². The van der Waals surface area contributed by atoms with Crippen LogP contribution in [-0.2, 0) is 9.53 Å². The van der Waals surface area contributed by atoms with Gasteiger partial charge < -0.3 is 10.5 Å². The van der Waals surface area contributed by atoms with Crippen molar-refractivity contribution in [2.45, 2.75) is 25.2 Å². The van der Waals surface area contributed by atoms with E-state index in [4.69, 9.17) is 10.5 Å². The molecule has 116 valence electrons. The SMILES string of the molecule is N#CC1=C(N)OC2=C(C(=O)CCC2)C1c1ccc([N+](=O)[O-])cc1. The first-order valence-electron chi connectivity index (χ1n) is 7.11. The predicted molar refractivity (Wildman–Crippen MR) is 79.6 cm³/mol. The smallest absolute Gasteiger partial charge is 0.269 e. The molecule has 7 heteroatoms. The number of nitrogens with two attached hydrogens (primary N) is 1. The van der Waals surface area contributed by atoms with Crippen molar-refractivity contribution < 1.29 is 14.5 Å². The molecule has 2 N–H and O–H groups in total. The number of benzene rings is 1. The Morgan fingerprint density at radius 1 is 1.30 bits per heavy atom. The van der Waals surface area contributed by atoms with Gasteiger partial charge in [0.2, 0.25) is 5.88 Å². The fraction of sp³-hybridized carbons (Fsp3) is 0.250. The zero-order chi connectivity index (χ0) is 16.6. The summed E-state index contributed by atoms with van der Waals surface area (Å²) >= 11 is 0. The number of carbonyl (C=O) groups is 1. The largest absolute Gasteiger partial charge is 0.444 e. The molecule has 0 saturated heterocycles. The van der Waals surface area contributed by atoms with Crippen LogP contribution in [0.1, 0.15) is 30.7 Å². The molecule has 1 aliphatic carbocycles. The van der Waals surface area contributed by atoms with Gasteiger partial charge in [-0.3, -0.25) is 14.9 Å². The maximum absolute atomic E-state index is 12.3. The molecule has 3 rings (SSSR count). The van der Waals surface area contributed by atoms with Crippen LogP contribution in [0.5, 0.6) is 0 Å². The lowest BCUT2D eigenvalue weighted by molar-refractivity contribution is -0.384. The first kappa shape index (κ1) is 14.8. The van der Waals surface area contributed by atoms with Crippen LogP contribution in [-0.4, -0.2) is 10.7 Å². The Morgan fingerprint density at radius 3 is 2.61 bits per heavy atom. The summed E-state index contributed by atoms with van der Waals surface area (Å²) in [7, 11) is 0. The maximum atomic E-state index is 12.3. The van der Waals surface area contributed by atoms with Gasteiger partial charge in [0.05, 0.1) is 10.8 Å². The van der Waals surface area contributed by atoms with Gasteiger partial charge >= 0.3 is 0 Å². The normalized spacial score (nSPS) is 20.7. The number of nitriles is 1. The summed E-state index contributed by atoms with van der Waals surface area (Å²) in [4.78, 5) is 22.6. The number of carbonyl (C=O) groups excluding carboxylic acids is 1. The molecule has 1 aromatic rings. The lowest BCUT2D eigenvalue weighted by atomic mass is 9.77. The summed E-state index contributed by atoms with van der Waals surface area (Å²) in [5.41, 5.74) is 6.99. The second kappa shape index (κ2) is 5.57. The van der Waals surface area contributed by atoms with Crippen LogP contribution in [0.15, 0.2) is 47.1 Å². The number of nitrogens with zero attached hydrogens (tertiary/aromatic N) is 2. The van der Waals surface area contributed by atoms with Crippen molar-refractivity contribution >= 4 is 11.5 Å². The van der Waals surface area contributed by atoms with E-state index in [1.54, 1.807) is 12.1 Å². The number of nitro groups is 1. The lowest BCUT2D eigenvalue weighted by Crippen LogP contribution is -2.27. The molecule has 1 heterocycles. The lowest BCUT2D eigenvalue weighted by Gasteiger charge is -2.30. The van der Waals surface area contributed by atoms with E-state index in [2.05, 4.69) is 0 Å². The molecule has 0 bridgehead atoms. The van der Waals surface area contributed by atoms with Gasteiger partial charge in [0.1, 0.15) is 17.4 Å². The number of ketones is 1. The molecule has 1 aliphatic heterocycles. The zero-order valence-corrected chi connectivity index (χ0v) is 12.1. The molecule has 0 fully saturated rings. The number of hydrogen-bond acceptors (Lipinski definition) is 6. The molecular weight excluding hydrogens is 298 g/mol. The average molecular weight is 311 g/mol. The summed E-state index contributed by atoms with van der Waals surface area (Å²) in [5, 5.41) is 20.2.